The first kappa shape index (κ1) is 31.3. The Kier molecular flexibility index (Phi) is 15.1. The van der Waals surface area contributed by atoms with Crippen LogP contribution in [0.4, 0.5) is 5.69 Å². The Hall–Kier alpha value is -1.73. The van der Waals surface area contributed by atoms with E-state index in [2.05, 4.69) is 23.1 Å². The number of phenols is 1. The highest BCUT2D eigenvalue weighted by Crippen LogP contribution is 2.35. The minimum Gasteiger partial charge on any atom is -0.507 e. The first-order chi connectivity index (χ1) is 16.6. The summed E-state index contributed by atoms with van der Waals surface area (Å²) in [5.74, 6) is 0.846. The molecule has 0 radical (unpaired) electrons. The third-order valence-electron chi connectivity index (χ3n) is 6.09. The van der Waals surface area contributed by atoms with Crippen molar-refractivity contribution in [3.8, 4) is 5.75 Å². The number of amides is 2. The van der Waals surface area contributed by atoms with E-state index in [9.17, 15) is 14.7 Å². The molecule has 200 valence electrons. The molecule has 35 heavy (non-hydrogen) atoms. The molecule has 0 spiro atoms. The molecule has 0 aliphatic rings. The summed E-state index contributed by atoms with van der Waals surface area (Å²) in [5.41, 5.74) is 7.23. The van der Waals surface area contributed by atoms with Crippen molar-refractivity contribution in [3.63, 3.8) is 0 Å². The summed E-state index contributed by atoms with van der Waals surface area (Å²) >= 11 is 1.65. The van der Waals surface area contributed by atoms with Crippen molar-refractivity contribution in [2.24, 2.45) is 0 Å². The summed E-state index contributed by atoms with van der Waals surface area (Å²) in [6.45, 7) is 12.0. The predicted octanol–water partition coefficient (Wildman–Crippen LogP) is 6.60. The average Bonchev–Trinajstić information content (AvgIpc) is 2.78. The largest absolute Gasteiger partial charge is 0.507 e. The lowest BCUT2D eigenvalue weighted by molar-refractivity contribution is -0.121. The summed E-state index contributed by atoms with van der Waals surface area (Å²) in [6.07, 6.45) is 13.1. The van der Waals surface area contributed by atoms with E-state index in [1.54, 1.807) is 23.9 Å². The summed E-state index contributed by atoms with van der Waals surface area (Å²) in [7, 11) is 0. The SMILES string of the molecule is CCCCCCCCCCCCSC(C)C(=O)NNCC(=O)Nc1cc(C)c(O)c(C(C)(C)C)c1. The molecular weight excluding hydrogens is 458 g/mol. The maximum atomic E-state index is 12.3. The van der Waals surface area contributed by atoms with E-state index < -0.39 is 0 Å². The summed E-state index contributed by atoms with van der Waals surface area (Å²) in [5, 5.41) is 13.0. The van der Waals surface area contributed by atoms with Crippen LogP contribution < -0.4 is 16.2 Å². The molecule has 2 amide bonds. The Morgan fingerprint density at radius 3 is 2.11 bits per heavy atom. The van der Waals surface area contributed by atoms with E-state index in [0.29, 0.717) is 11.3 Å². The molecule has 7 heteroatoms. The van der Waals surface area contributed by atoms with E-state index in [1.807, 2.05) is 34.6 Å². The smallest absolute Gasteiger partial charge is 0.246 e. The van der Waals surface area contributed by atoms with Crippen molar-refractivity contribution in [2.45, 2.75) is 116 Å². The summed E-state index contributed by atoms with van der Waals surface area (Å²) < 4.78 is 0. The maximum absolute atomic E-state index is 12.3. The van der Waals surface area contributed by atoms with Crippen molar-refractivity contribution in [2.75, 3.05) is 17.6 Å². The van der Waals surface area contributed by atoms with E-state index in [-0.39, 0.29) is 34.8 Å². The highest BCUT2D eigenvalue weighted by molar-refractivity contribution is 8.00. The minimum absolute atomic E-state index is 0.0354. The number of thioether (sulfide) groups is 1. The van der Waals surface area contributed by atoms with Crippen LogP contribution in [0.2, 0.25) is 0 Å². The number of carbonyl (C=O) groups excluding carboxylic acids is 2. The van der Waals surface area contributed by atoms with Crippen LogP contribution in [0.15, 0.2) is 12.1 Å². The van der Waals surface area contributed by atoms with Crippen molar-refractivity contribution < 1.29 is 14.7 Å². The van der Waals surface area contributed by atoms with Crippen LogP contribution in [0, 0.1) is 6.92 Å². The summed E-state index contributed by atoms with van der Waals surface area (Å²) in [4.78, 5) is 24.6. The lowest BCUT2D eigenvalue weighted by atomic mass is 9.85. The monoisotopic (exact) mass is 507 g/mol. The Morgan fingerprint density at radius 2 is 1.54 bits per heavy atom. The average molecular weight is 508 g/mol. The number of nitrogens with one attached hydrogen (secondary N) is 3. The number of rotatable bonds is 17. The molecule has 1 atom stereocenters. The molecule has 1 rings (SSSR count). The molecule has 1 aromatic carbocycles. The zero-order chi connectivity index (χ0) is 26.3. The number of unbranched alkanes of at least 4 members (excludes halogenated alkanes) is 9. The fraction of sp³-hybridized carbons (Fsp3) is 0.714. The van der Waals surface area contributed by atoms with Gasteiger partial charge in [-0.3, -0.25) is 15.0 Å². The third kappa shape index (κ3) is 13.2. The normalized spacial score (nSPS) is 12.4. The van der Waals surface area contributed by atoms with Crippen molar-refractivity contribution in [1.82, 2.24) is 10.9 Å². The molecule has 6 nitrogen and oxygen atoms in total. The van der Waals surface area contributed by atoms with Gasteiger partial charge in [-0.1, -0.05) is 85.5 Å². The van der Waals surface area contributed by atoms with Gasteiger partial charge in [0.2, 0.25) is 11.8 Å². The predicted molar refractivity (Wildman–Crippen MR) is 150 cm³/mol. The molecule has 1 aromatic rings. The van der Waals surface area contributed by atoms with Gasteiger partial charge in [-0.15, -0.1) is 11.8 Å². The number of aryl methyl sites for hydroxylation is 1. The number of hydrazine groups is 1. The van der Waals surface area contributed by atoms with Crippen LogP contribution >= 0.6 is 11.8 Å². The van der Waals surface area contributed by atoms with E-state index in [4.69, 9.17) is 0 Å². The molecule has 0 fully saturated rings. The van der Waals surface area contributed by atoms with Crippen molar-refractivity contribution in [1.29, 1.82) is 0 Å². The molecule has 0 aliphatic carbocycles. The van der Waals surface area contributed by atoms with Gasteiger partial charge in [-0.2, -0.15) is 0 Å². The number of carbonyl (C=O) groups is 2. The molecule has 1 unspecified atom stereocenters. The zero-order valence-corrected chi connectivity index (χ0v) is 23.7. The number of benzene rings is 1. The van der Waals surface area contributed by atoms with Crippen LogP contribution in [0.5, 0.6) is 5.75 Å². The number of aromatic hydroxyl groups is 1. The standard InChI is InChI=1S/C28H49N3O3S/c1-7-8-9-10-11-12-13-14-15-16-17-35-22(3)27(34)31-29-20-25(32)30-23-18-21(2)26(33)24(19-23)28(4,5)6/h18-19,22,29,33H,7-17,20H2,1-6H3,(H,30,32)(H,31,34). The van der Waals surface area contributed by atoms with Crippen LogP contribution in [0.25, 0.3) is 0 Å². The second-order valence-corrected chi connectivity index (χ2v) is 12.0. The van der Waals surface area contributed by atoms with Gasteiger partial charge in [0, 0.05) is 11.3 Å². The van der Waals surface area contributed by atoms with Crippen LogP contribution in [0.3, 0.4) is 0 Å². The van der Waals surface area contributed by atoms with Crippen molar-refractivity contribution >= 4 is 29.3 Å². The van der Waals surface area contributed by atoms with Crippen LogP contribution in [-0.4, -0.2) is 34.5 Å². The van der Waals surface area contributed by atoms with Crippen LogP contribution in [-0.2, 0) is 15.0 Å². The Bertz CT molecular complexity index is 777. The van der Waals surface area contributed by atoms with Gasteiger partial charge in [-0.05, 0) is 49.1 Å². The van der Waals surface area contributed by atoms with Crippen molar-refractivity contribution in [3.05, 3.63) is 23.3 Å². The molecule has 0 aromatic heterocycles. The lowest BCUT2D eigenvalue weighted by Crippen LogP contribution is -2.45. The molecule has 0 heterocycles. The molecule has 0 saturated heterocycles. The number of anilines is 1. The molecule has 0 aliphatic heterocycles. The fourth-order valence-corrected chi connectivity index (χ4v) is 4.80. The Morgan fingerprint density at radius 1 is 0.971 bits per heavy atom. The van der Waals surface area contributed by atoms with Gasteiger partial charge in [0.25, 0.3) is 0 Å². The van der Waals surface area contributed by atoms with Gasteiger partial charge in [0.05, 0.1) is 11.8 Å². The topological polar surface area (TPSA) is 90.5 Å². The minimum atomic E-state index is -0.263. The first-order valence-corrected chi connectivity index (χ1v) is 14.4. The molecule has 0 bridgehead atoms. The van der Waals surface area contributed by atoms with E-state index in [1.165, 1.54) is 57.8 Å². The van der Waals surface area contributed by atoms with Gasteiger partial charge >= 0.3 is 0 Å². The lowest BCUT2D eigenvalue weighted by Gasteiger charge is -2.22. The summed E-state index contributed by atoms with van der Waals surface area (Å²) in [6, 6.07) is 3.54. The van der Waals surface area contributed by atoms with Crippen LogP contribution in [0.1, 0.15) is 110 Å². The van der Waals surface area contributed by atoms with E-state index in [0.717, 1.165) is 17.7 Å². The molecular formula is C28H49N3O3S. The van der Waals surface area contributed by atoms with Gasteiger partial charge in [-0.25, -0.2) is 5.43 Å². The highest BCUT2D eigenvalue weighted by Gasteiger charge is 2.21. The second-order valence-electron chi connectivity index (χ2n) is 10.5. The maximum Gasteiger partial charge on any atom is 0.246 e. The second kappa shape index (κ2) is 16.9. The molecule has 4 N–H and O–H groups in total. The number of hydrogen-bond donors (Lipinski definition) is 4. The van der Waals surface area contributed by atoms with E-state index >= 15 is 0 Å². The van der Waals surface area contributed by atoms with Gasteiger partial charge < -0.3 is 10.4 Å². The zero-order valence-electron chi connectivity index (χ0n) is 22.9. The first-order valence-electron chi connectivity index (χ1n) is 13.3. The third-order valence-corrected chi connectivity index (χ3v) is 7.33. The van der Waals surface area contributed by atoms with Gasteiger partial charge in [0.15, 0.2) is 0 Å². The quantitative estimate of drug-likeness (QED) is 0.108. The number of hydrogen-bond acceptors (Lipinski definition) is 5. The van der Waals surface area contributed by atoms with Gasteiger partial charge in [0.1, 0.15) is 5.75 Å². The Balaban J connectivity index is 2.20. The number of phenolic OH excluding ortho intramolecular Hbond substituents is 1. The Labute approximate surface area is 217 Å². The highest BCUT2D eigenvalue weighted by atomic mass is 32.2. The molecule has 0 saturated carbocycles. The fourth-order valence-electron chi connectivity index (χ4n) is 3.87.